The van der Waals surface area contributed by atoms with E-state index in [9.17, 15) is 0 Å². The van der Waals surface area contributed by atoms with Gasteiger partial charge in [-0.25, -0.2) is 9.97 Å². The van der Waals surface area contributed by atoms with Gasteiger partial charge in [0.15, 0.2) is 11.2 Å². The number of rotatable bonds is 5. The molecule has 13 aromatic carbocycles. The quantitative estimate of drug-likeness (QED) is 0.161. The molecule has 17 rings (SSSR count). The van der Waals surface area contributed by atoms with Gasteiger partial charge in [-0.1, -0.05) is 170 Å². The molecule has 5 heteroatoms. The van der Waals surface area contributed by atoms with Crippen molar-refractivity contribution in [2.45, 2.75) is 5.41 Å². The van der Waals surface area contributed by atoms with Crippen LogP contribution in [-0.4, -0.2) is 9.97 Å². The third kappa shape index (κ3) is 6.24. The van der Waals surface area contributed by atoms with E-state index in [-0.39, 0.29) is 0 Å². The molecule has 0 unspecified atom stereocenters. The summed E-state index contributed by atoms with van der Waals surface area (Å²) in [5.41, 5.74) is 18.4. The van der Waals surface area contributed by atoms with Crippen LogP contribution in [0.15, 0.2) is 264 Å². The Hall–Kier alpha value is -10.4. The highest BCUT2D eigenvalue weighted by molar-refractivity contribution is 6.20. The standard InChI is InChI=1S/C73H42N2O3/c1-3-13-47(14-4-1)71-74-63-35-32-45-27-23-43-25-29-49(40-57(43)67(45)69(63)77-71)52-37-53(50-30-26-44-24-28-46-33-36-64-70(68(46)58(44)41-50)78-72(75-64)48-15-5-2-6-16-48)39-54(38-52)51-31-34-56-55-17-7-8-18-59(55)73(62(56)42-51)60-19-9-11-21-65(60)76-66-22-12-10-20-61(66)73/h1-42H. The van der Waals surface area contributed by atoms with Crippen LogP contribution in [0.2, 0.25) is 0 Å². The largest absolute Gasteiger partial charge is 0.457 e. The summed E-state index contributed by atoms with van der Waals surface area (Å²) < 4.78 is 20.2. The van der Waals surface area contributed by atoms with Gasteiger partial charge in [0.1, 0.15) is 22.5 Å². The maximum absolute atomic E-state index is 6.72. The molecule has 1 aliphatic carbocycles. The second kappa shape index (κ2) is 16.3. The molecule has 0 amide bonds. The van der Waals surface area contributed by atoms with Crippen molar-refractivity contribution >= 4 is 65.3 Å². The Morgan fingerprint density at radius 1 is 0.282 bits per heavy atom. The van der Waals surface area contributed by atoms with Gasteiger partial charge in [-0.15, -0.1) is 0 Å². The zero-order valence-corrected chi connectivity index (χ0v) is 41.9. The first kappa shape index (κ1) is 42.9. The summed E-state index contributed by atoms with van der Waals surface area (Å²) in [5.74, 6) is 2.97. The van der Waals surface area contributed by atoms with E-state index in [2.05, 4.69) is 194 Å². The van der Waals surface area contributed by atoms with Crippen LogP contribution in [-0.2, 0) is 5.41 Å². The average Bonchev–Trinajstić information content (AvgIpc) is 3.89. The minimum absolute atomic E-state index is 0.606. The highest BCUT2D eigenvalue weighted by Crippen LogP contribution is 2.62. The Labute approximate surface area is 447 Å². The van der Waals surface area contributed by atoms with Crippen molar-refractivity contribution in [3.63, 3.8) is 0 Å². The number of hydrogen-bond donors (Lipinski definition) is 0. The summed E-state index contributed by atoms with van der Waals surface area (Å²) in [7, 11) is 0. The number of ether oxygens (including phenoxy) is 1. The first-order valence-corrected chi connectivity index (χ1v) is 26.5. The zero-order chi connectivity index (χ0) is 51.1. The van der Waals surface area contributed by atoms with Crippen molar-refractivity contribution in [3.05, 3.63) is 277 Å². The molecule has 0 fully saturated rings. The molecule has 0 radical (unpaired) electrons. The van der Waals surface area contributed by atoms with Gasteiger partial charge < -0.3 is 13.6 Å². The first-order valence-electron chi connectivity index (χ1n) is 26.5. The molecule has 0 bridgehead atoms. The van der Waals surface area contributed by atoms with Gasteiger partial charge >= 0.3 is 0 Å². The Balaban J connectivity index is 0.905. The fourth-order valence-corrected chi connectivity index (χ4v) is 13.0. The van der Waals surface area contributed by atoms with Crippen LogP contribution in [0.25, 0.3) is 133 Å². The summed E-state index contributed by atoms with van der Waals surface area (Å²) in [5, 5.41) is 8.77. The van der Waals surface area contributed by atoms with Crippen molar-refractivity contribution < 1.29 is 13.6 Å². The summed E-state index contributed by atoms with van der Waals surface area (Å²) in [6.45, 7) is 0. The molecule has 1 spiro atoms. The van der Waals surface area contributed by atoms with Crippen LogP contribution in [0, 0.1) is 0 Å². The fourth-order valence-electron chi connectivity index (χ4n) is 13.0. The van der Waals surface area contributed by atoms with Crippen molar-refractivity contribution in [2.24, 2.45) is 0 Å². The lowest BCUT2D eigenvalue weighted by atomic mass is 9.66. The van der Waals surface area contributed by atoms with Crippen LogP contribution >= 0.6 is 0 Å². The fraction of sp³-hybridized carbons (Fsp3) is 0.0137. The minimum atomic E-state index is -0.606. The molecule has 362 valence electrons. The molecule has 15 aromatic rings. The van der Waals surface area contributed by atoms with Crippen LogP contribution in [0.3, 0.4) is 0 Å². The van der Waals surface area contributed by atoms with Crippen LogP contribution in [0.1, 0.15) is 22.3 Å². The van der Waals surface area contributed by atoms with E-state index in [4.69, 9.17) is 23.5 Å². The monoisotopic (exact) mass is 994 g/mol. The molecule has 78 heavy (non-hydrogen) atoms. The van der Waals surface area contributed by atoms with Gasteiger partial charge in [-0.05, 0) is 173 Å². The van der Waals surface area contributed by atoms with E-state index in [0.717, 1.165) is 132 Å². The topological polar surface area (TPSA) is 61.3 Å². The first-order chi connectivity index (χ1) is 38.6. The van der Waals surface area contributed by atoms with E-state index in [0.29, 0.717) is 11.8 Å². The van der Waals surface area contributed by atoms with Crippen molar-refractivity contribution in [2.75, 3.05) is 0 Å². The Morgan fingerprint density at radius 2 is 0.692 bits per heavy atom. The molecular formula is C73H42N2O3. The predicted molar refractivity (Wildman–Crippen MR) is 316 cm³/mol. The maximum atomic E-state index is 6.72. The maximum Gasteiger partial charge on any atom is 0.227 e. The molecule has 0 atom stereocenters. The van der Waals surface area contributed by atoms with Crippen LogP contribution < -0.4 is 4.74 Å². The zero-order valence-electron chi connectivity index (χ0n) is 41.9. The molecule has 0 saturated heterocycles. The summed E-state index contributed by atoms with van der Waals surface area (Å²) in [6.07, 6.45) is 0. The van der Waals surface area contributed by atoms with Crippen molar-refractivity contribution in [1.82, 2.24) is 9.97 Å². The normalized spacial score (nSPS) is 13.1. The number of aromatic nitrogens is 2. The third-order valence-corrected chi connectivity index (χ3v) is 16.5. The van der Waals surface area contributed by atoms with Gasteiger partial charge in [0.05, 0.1) is 5.41 Å². The van der Waals surface area contributed by atoms with Crippen molar-refractivity contribution in [3.8, 4) is 78.9 Å². The highest BCUT2D eigenvalue weighted by atomic mass is 16.5. The number of oxazole rings is 2. The average molecular weight is 995 g/mol. The Bertz CT molecular complexity index is 4750. The van der Waals surface area contributed by atoms with E-state index >= 15 is 0 Å². The van der Waals surface area contributed by atoms with Gasteiger partial charge in [0.25, 0.3) is 0 Å². The molecule has 5 nitrogen and oxygen atoms in total. The van der Waals surface area contributed by atoms with E-state index < -0.39 is 5.41 Å². The smallest absolute Gasteiger partial charge is 0.227 e. The third-order valence-electron chi connectivity index (χ3n) is 16.5. The van der Waals surface area contributed by atoms with Crippen LogP contribution in [0.5, 0.6) is 11.5 Å². The van der Waals surface area contributed by atoms with Gasteiger partial charge in [0.2, 0.25) is 11.8 Å². The molecular weight excluding hydrogens is 953 g/mol. The Morgan fingerprint density at radius 3 is 1.23 bits per heavy atom. The van der Waals surface area contributed by atoms with E-state index in [1.54, 1.807) is 0 Å². The minimum Gasteiger partial charge on any atom is -0.457 e. The summed E-state index contributed by atoms with van der Waals surface area (Å²) in [4.78, 5) is 9.99. The molecule has 3 heterocycles. The summed E-state index contributed by atoms with van der Waals surface area (Å²) >= 11 is 0. The van der Waals surface area contributed by atoms with Gasteiger partial charge in [-0.2, -0.15) is 0 Å². The Kier molecular flexibility index (Phi) is 8.98. The number of benzene rings is 13. The van der Waals surface area contributed by atoms with Crippen LogP contribution in [0.4, 0.5) is 0 Å². The second-order valence-electron chi connectivity index (χ2n) is 20.7. The molecule has 2 aliphatic rings. The summed E-state index contributed by atoms with van der Waals surface area (Å²) in [6, 6.07) is 91.5. The second-order valence-corrected chi connectivity index (χ2v) is 20.7. The molecule has 0 saturated carbocycles. The van der Waals surface area contributed by atoms with Crippen molar-refractivity contribution in [1.29, 1.82) is 0 Å². The molecule has 2 aromatic heterocycles. The lowest BCUT2D eigenvalue weighted by Crippen LogP contribution is -2.32. The lowest BCUT2D eigenvalue weighted by molar-refractivity contribution is 0.436. The highest BCUT2D eigenvalue weighted by Gasteiger charge is 2.51. The molecule has 1 aliphatic heterocycles. The number of hydrogen-bond acceptors (Lipinski definition) is 5. The number of nitrogens with zero attached hydrogens (tertiary/aromatic N) is 2. The number of fused-ring (bicyclic) bond motifs is 19. The van der Waals surface area contributed by atoms with Gasteiger partial charge in [0, 0.05) is 33.0 Å². The van der Waals surface area contributed by atoms with Gasteiger partial charge in [-0.3, -0.25) is 0 Å². The van der Waals surface area contributed by atoms with E-state index in [1.165, 1.54) is 22.3 Å². The number of para-hydroxylation sites is 2. The molecule has 0 N–H and O–H groups in total. The van der Waals surface area contributed by atoms with E-state index in [1.807, 2.05) is 60.7 Å². The lowest BCUT2D eigenvalue weighted by Gasteiger charge is -2.39. The SMILES string of the molecule is c1ccc(-c2nc3ccc4ccc5ccc(-c6cc(-c7ccc8c(c7)C7(c9ccccc9Oc9ccccc97)c7ccccc7-8)cc(-c7ccc8ccc9ccc%10nc(-c%11ccccc%11)oc%10c9c8c7)c6)cc5c4c3o2)cc1. The predicted octanol–water partition coefficient (Wildman–Crippen LogP) is 19.4.